The molecule has 32 heteroatoms. The van der Waals surface area contributed by atoms with Gasteiger partial charge in [-0.3, -0.25) is 42.6 Å². The molecule has 2 amide bonds. The number of allylic oxidation sites excluding steroid dienone is 5. The van der Waals surface area contributed by atoms with Crippen molar-refractivity contribution in [2.75, 3.05) is 41.3 Å². The molecule has 6 aromatic rings. The minimum absolute atomic E-state index is 0.0284. The van der Waals surface area contributed by atoms with Gasteiger partial charge in [-0.05, 0) is 197 Å². The van der Waals surface area contributed by atoms with Crippen molar-refractivity contribution < 1.29 is 76.1 Å². The number of anilines is 3. The number of unbranched alkanes of at least 4 members (excludes halogenated alkanes) is 4. The lowest BCUT2D eigenvalue weighted by atomic mass is 9.75. The summed E-state index contributed by atoms with van der Waals surface area (Å²) < 4.78 is 143. The molecular formula is C67H82N10O18S4. The molecule has 8 rings (SSSR count). The van der Waals surface area contributed by atoms with Gasteiger partial charge in [0.05, 0.1) is 38.9 Å². The SMILES string of the molecule is Cc1ccc(S(=O)(=O)O)cc1C(C)(C)/C(CCC1=C(Oc2ccc(S(=O)(=O)O)cc2)/C(=C/C=C2/N(CCCCS(=O)(=O)O)c3ccc(S(=O)(=O)O)cc3C2(C)C)CCC1)=N/CCCCCC(=O)NCCCC[C@H](NC(=O)c1ccc(NCc2cnc3nc(N)[nH]c(=O)c3n2)cc1)C(=O)O. The molecule has 2 aliphatic rings. The average Bonchev–Trinajstić information content (AvgIpc) is 1.59. The second kappa shape index (κ2) is 32.1. The maximum absolute atomic E-state index is 13.1. The number of ether oxygens (including phenoxy) is 1. The number of hydrogen-bond acceptors (Lipinski definition) is 20. The third-order valence-corrected chi connectivity index (χ3v) is 20.8. The number of hydrogen-bond donors (Lipinski definition) is 10. The van der Waals surface area contributed by atoms with E-state index < -0.39 is 80.5 Å². The van der Waals surface area contributed by atoms with E-state index in [9.17, 15) is 76.2 Å². The van der Waals surface area contributed by atoms with Crippen LogP contribution in [0.1, 0.15) is 150 Å². The van der Waals surface area contributed by atoms with E-state index in [0.717, 1.165) is 16.7 Å². The summed E-state index contributed by atoms with van der Waals surface area (Å²) >= 11 is 0. The first-order valence-electron chi connectivity index (χ1n) is 32.0. The zero-order valence-electron chi connectivity index (χ0n) is 55.3. The minimum atomic E-state index is -4.62. The Morgan fingerprint density at radius 3 is 2.15 bits per heavy atom. The van der Waals surface area contributed by atoms with Gasteiger partial charge in [0.15, 0.2) is 11.2 Å². The van der Waals surface area contributed by atoms with Crippen molar-refractivity contribution in [2.24, 2.45) is 4.99 Å². The first-order chi connectivity index (χ1) is 46.5. The van der Waals surface area contributed by atoms with E-state index in [4.69, 9.17) is 15.5 Å². The quantitative estimate of drug-likeness (QED) is 0.0104. The monoisotopic (exact) mass is 1440 g/mol. The van der Waals surface area contributed by atoms with Crippen molar-refractivity contribution in [2.45, 2.75) is 163 Å². The first kappa shape index (κ1) is 76.0. The number of nitrogens with zero attached hydrogens (tertiary/aromatic N) is 5. The smallest absolute Gasteiger partial charge is 0.326 e. The standard InChI is InChI=1S/C67H82N10O18S4/c1-42-18-27-50(98(89,90)91)38-52(42)66(2,3)56(69-34-9-6-7-17-58(78)70-35-10-8-16-54(64(81)82)74-62(79)45-19-23-46(24-20-45)71-40-47-41-72-61-59(73-47)63(80)76-65(68)75-61)32-21-43-14-13-15-44(60(43)95-48-25-28-49(29-26-48)97(86,87)88)22-33-57-67(4,5)53-39-51(99(92,93)94)30-31-55(53)77(57)36-11-12-37-96(83,84)85/h18-20,22-31,33,38-39,41,54,71H,6-17,21,32,34-37,40H2,1-5H3,(H,70,78)(H,74,79)(H,81,82)(H,83,84,85)(H,86,87,88)(H,89,90,91)(H,92,93,94)(H3,68,72,75,76,80)/b44-22+,57-33+,69-56+/t54-/m0/s1. The Kier molecular flexibility index (Phi) is 24.6. The highest BCUT2D eigenvalue weighted by Crippen LogP contribution is 2.49. The average molecular weight is 1440 g/mol. The molecule has 4 aromatic carbocycles. The lowest BCUT2D eigenvalue weighted by Crippen LogP contribution is -2.40. The van der Waals surface area contributed by atoms with Crippen LogP contribution >= 0.6 is 0 Å². The fraction of sp³-hybridized carbons (Fsp3) is 0.403. The Morgan fingerprint density at radius 1 is 0.798 bits per heavy atom. The number of aliphatic carboxylic acids is 1. The minimum Gasteiger partial charge on any atom is -0.480 e. The molecular weight excluding hydrogens is 1360 g/mol. The summed E-state index contributed by atoms with van der Waals surface area (Å²) in [6.45, 7) is 10.5. The summed E-state index contributed by atoms with van der Waals surface area (Å²) in [7, 11) is -18.0. The fourth-order valence-electron chi connectivity index (χ4n) is 12.1. The van der Waals surface area contributed by atoms with E-state index in [2.05, 4.69) is 35.9 Å². The molecule has 0 fully saturated rings. The molecule has 11 N–H and O–H groups in total. The first-order valence-corrected chi connectivity index (χ1v) is 37.9. The number of rotatable bonds is 33. The number of amides is 2. The van der Waals surface area contributed by atoms with Crippen LogP contribution in [-0.2, 0) is 67.4 Å². The van der Waals surface area contributed by atoms with Crippen LogP contribution in [0.4, 0.5) is 17.3 Å². The lowest BCUT2D eigenvalue weighted by Gasteiger charge is -2.31. The second-order valence-corrected chi connectivity index (χ2v) is 31.2. The largest absolute Gasteiger partial charge is 0.480 e. The lowest BCUT2D eigenvalue weighted by molar-refractivity contribution is -0.139. The van der Waals surface area contributed by atoms with Crippen molar-refractivity contribution >= 4 is 92.5 Å². The number of aromatic amines is 1. The van der Waals surface area contributed by atoms with Gasteiger partial charge in [0.2, 0.25) is 11.9 Å². The molecule has 532 valence electrons. The molecule has 3 heterocycles. The number of aromatic nitrogens is 4. The third kappa shape index (κ3) is 20.5. The van der Waals surface area contributed by atoms with Crippen LogP contribution in [0.25, 0.3) is 11.2 Å². The number of nitrogen functional groups attached to an aromatic ring is 1. The molecule has 1 aliphatic carbocycles. The van der Waals surface area contributed by atoms with Gasteiger partial charge in [0.25, 0.3) is 51.9 Å². The molecule has 1 atom stereocenters. The van der Waals surface area contributed by atoms with Crippen LogP contribution in [0.5, 0.6) is 5.75 Å². The number of nitrogens with two attached hydrogens (primary N) is 1. The molecule has 1 aliphatic heterocycles. The number of H-pyrrole nitrogens is 1. The maximum Gasteiger partial charge on any atom is 0.326 e. The number of benzene rings is 4. The fourth-order valence-corrected chi connectivity index (χ4v) is 14.1. The number of carboxylic acid groups (broad SMARTS) is 1. The normalized spacial score (nSPS) is 15.7. The molecule has 0 spiro atoms. The zero-order valence-corrected chi connectivity index (χ0v) is 58.6. The number of aryl methyl sites for hydroxylation is 1. The van der Waals surface area contributed by atoms with Gasteiger partial charge in [0.1, 0.15) is 17.6 Å². The zero-order chi connectivity index (χ0) is 72.3. The molecule has 99 heavy (non-hydrogen) atoms. The highest BCUT2D eigenvalue weighted by Gasteiger charge is 2.41. The Labute approximate surface area is 574 Å². The van der Waals surface area contributed by atoms with Gasteiger partial charge in [-0.1, -0.05) is 46.3 Å². The van der Waals surface area contributed by atoms with Crippen LogP contribution < -0.4 is 36.9 Å². The summed E-state index contributed by atoms with van der Waals surface area (Å²) in [5.74, 6) is -1.86. The molecule has 0 bridgehead atoms. The molecule has 0 saturated carbocycles. The second-order valence-electron chi connectivity index (χ2n) is 25.3. The van der Waals surface area contributed by atoms with Crippen molar-refractivity contribution in [3.63, 3.8) is 0 Å². The predicted molar refractivity (Wildman–Crippen MR) is 372 cm³/mol. The Bertz CT molecular complexity index is 4690. The summed E-state index contributed by atoms with van der Waals surface area (Å²) in [4.78, 5) is 71.4. The summed E-state index contributed by atoms with van der Waals surface area (Å²) in [6, 6.07) is 19.0. The summed E-state index contributed by atoms with van der Waals surface area (Å²) in [5.41, 5.74) is 10.1. The van der Waals surface area contributed by atoms with Gasteiger partial charge < -0.3 is 36.4 Å². The topological polar surface area (TPSA) is 447 Å². The Morgan fingerprint density at radius 2 is 1.47 bits per heavy atom. The van der Waals surface area contributed by atoms with Gasteiger partial charge >= 0.3 is 5.97 Å². The number of fused-ring (bicyclic) bond motifs is 2. The number of carboxylic acids is 1. The highest BCUT2D eigenvalue weighted by atomic mass is 32.2. The number of nitrogens with one attached hydrogen (secondary N) is 4. The number of carbonyl (C=O) groups is 3. The highest BCUT2D eigenvalue weighted by molar-refractivity contribution is 7.86. The van der Waals surface area contributed by atoms with Crippen molar-refractivity contribution in [1.82, 2.24) is 30.6 Å². The Hall–Kier alpha value is -8.76. The van der Waals surface area contributed by atoms with Crippen LogP contribution in [0.15, 0.2) is 150 Å². The molecule has 0 saturated heterocycles. The van der Waals surface area contributed by atoms with Crippen LogP contribution in [-0.4, -0.2) is 132 Å². The van der Waals surface area contributed by atoms with E-state index in [1.807, 2.05) is 51.7 Å². The van der Waals surface area contributed by atoms with Gasteiger partial charge in [-0.25, -0.2) is 14.8 Å². The van der Waals surface area contributed by atoms with E-state index in [1.54, 1.807) is 24.3 Å². The van der Waals surface area contributed by atoms with E-state index >= 15 is 0 Å². The van der Waals surface area contributed by atoms with E-state index in [-0.39, 0.29) is 87.9 Å². The van der Waals surface area contributed by atoms with Crippen molar-refractivity contribution in [1.29, 1.82) is 0 Å². The summed E-state index contributed by atoms with van der Waals surface area (Å²) in [5, 5.41) is 18.5. The van der Waals surface area contributed by atoms with Crippen molar-refractivity contribution in [3.8, 4) is 5.75 Å². The third-order valence-electron chi connectivity index (χ3n) is 17.4. The van der Waals surface area contributed by atoms with Gasteiger partial charge in [-0.15, -0.1) is 0 Å². The number of carbonyl (C=O) groups excluding carboxylic acids is 2. The van der Waals surface area contributed by atoms with Gasteiger partial charge in [-0.2, -0.15) is 38.7 Å². The van der Waals surface area contributed by atoms with Crippen LogP contribution in [0.2, 0.25) is 0 Å². The number of aliphatic imine (C=N–C) groups is 1. The predicted octanol–water partition coefficient (Wildman–Crippen LogP) is 8.98. The Balaban J connectivity index is 0.927. The molecule has 0 unspecified atom stereocenters. The molecule has 28 nitrogen and oxygen atoms in total. The van der Waals surface area contributed by atoms with Crippen LogP contribution in [0.3, 0.4) is 0 Å². The van der Waals surface area contributed by atoms with E-state index in [1.165, 1.54) is 66.9 Å². The van der Waals surface area contributed by atoms with Crippen LogP contribution in [0, 0.1) is 6.92 Å². The van der Waals surface area contributed by atoms with Gasteiger partial charge in [0, 0.05) is 65.2 Å². The molecule has 2 aromatic heterocycles. The maximum atomic E-state index is 13.1. The van der Waals surface area contributed by atoms with E-state index in [0.29, 0.717) is 123 Å². The molecule has 0 radical (unpaired) electrons. The van der Waals surface area contributed by atoms with Crippen molar-refractivity contribution in [3.05, 3.63) is 164 Å². The summed E-state index contributed by atoms with van der Waals surface area (Å²) in [6.07, 6.45) is 10.8.